The Morgan fingerprint density at radius 2 is 2.00 bits per heavy atom. The van der Waals surface area contributed by atoms with Gasteiger partial charge in [0, 0.05) is 16.5 Å². The summed E-state index contributed by atoms with van der Waals surface area (Å²) < 4.78 is 1.74. The normalized spacial score (nSPS) is 12.4. The molecular weight excluding hydrogens is 244 g/mol. The van der Waals surface area contributed by atoms with Gasteiger partial charge in [0.05, 0.1) is 5.69 Å². The highest BCUT2D eigenvalue weighted by molar-refractivity contribution is 7.99. The van der Waals surface area contributed by atoms with Crippen molar-refractivity contribution in [2.24, 2.45) is 0 Å². The smallest absolute Gasteiger partial charge is 0.285 e. The first-order valence-corrected chi connectivity index (χ1v) is 6.71. The lowest BCUT2D eigenvalue weighted by Gasteiger charge is -2.16. The maximum absolute atomic E-state index is 11.7. The van der Waals surface area contributed by atoms with E-state index >= 15 is 0 Å². The molecule has 0 spiro atoms. The van der Waals surface area contributed by atoms with Gasteiger partial charge >= 0.3 is 0 Å². The van der Waals surface area contributed by atoms with Crippen molar-refractivity contribution < 1.29 is 0 Å². The van der Waals surface area contributed by atoms with Crippen molar-refractivity contribution >= 4 is 23.4 Å². The molecule has 1 aromatic rings. The van der Waals surface area contributed by atoms with Crippen LogP contribution in [0.1, 0.15) is 46.4 Å². The van der Waals surface area contributed by atoms with Gasteiger partial charge in [-0.25, -0.2) is 4.68 Å². The average molecular weight is 263 g/mol. The van der Waals surface area contributed by atoms with E-state index in [4.69, 9.17) is 11.6 Å². The van der Waals surface area contributed by atoms with Crippen molar-refractivity contribution in [3.63, 3.8) is 0 Å². The zero-order valence-electron chi connectivity index (χ0n) is 10.4. The largest absolute Gasteiger partial charge is 0.297 e. The van der Waals surface area contributed by atoms with E-state index in [1.54, 1.807) is 16.4 Å². The Kier molecular flexibility index (Phi) is 4.18. The first kappa shape index (κ1) is 13.7. The number of thioether (sulfide) groups is 1. The number of hydrogen-bond acceptors (Lipinski definition) is 2. The minimum absolute atomic E-state index is 0.110. The summed E-state index contributed by atoms with van der Waals surface area (Å²) in [5.41, 5.74) is 0.696. The van der Waals surface area contributed by atoms with Crippen LogP contribution in [0, 0.1) is 0 Å². The molecule has 1 aromatic heterocycles. The maximum atomic E-state index is 11.7. The summed E-state index contributed by atoms with van der Waals surface area (Å²) >= 11 is 7.78. The summed E-state index contributed by atoms with van der Waals surface area (Å²) in [7, 11) is 0. The van der Waals surface area contributed by atoms with Gasteiger partial charge in [0.1, 0.15) is 5.02 Å². The molecule has 0 radical (unpaired) electrons. The number of nitrogens with one attached hydrogen (secondary N) is 1. The van der Waals surface area contributed by atoms with E-state index in [1.807, 2.05) is 13.8 Å². The van der Waals surface area contributed by atoms with Gasteiger partial charge in [-0.1, -0.05) is 32.4 Å². The second-order valence-electron chi connectivity index (χ2n) is 5.07. The average Bonchev–Trinajstić information content (AvgIpc) is 2.40. The van der Waals surface area contributed by atoms with E-state index in [2.05, 4.69) is 25.9 Å². The zero-order valence-corrected chi connectivity index (χ0v) is 12.0. The van der Waals surface area contributed by atoms with Gasteiger partial charge in [0.15, 0.2) is 0 Å². The second kappa shape index (κ2) is 4.88. The molecule has 0 aliphatic carbocycles. The van der Waals surface area contributed by atoms with E-state index in [0.717, 1.165) is 11.4 Å². The van der Waals surface area contributed by atoms with Gasteiger partial charge in [-0.15, -0.1) is 11.8 Å². The Morgan fingerprint density at radius 3 is 2.38 bits per heavy atom. The van der Waals surface area contributed by atoms with Crippen LogP contribution in [-0.4, -0.2) is 14.5 Å². The van der Waals surface area contributed by atoms with Gasteiger partial charge in [-0.3, -0.25) is 9.89 Å². The Bertz CT molecular complexity index is 415. The number of aromatic nitrogens is 2. The molecule has 1 N–H and O–H groups in total. The lowest BCUT2D eigenvalue weighted by Crippen LogP contribution is -2.18. The SMILES string of the molecule is CC(C)n1[nH]c(CSC(C)(C)C)c(Cl)c1=O. The number of nitrogens with zero attached hydrogens (tertiary/aromatic N) is 1. The Morgan fingerprint density at radius 1 is 1.44 bits per heavy atom. The molecule has 0 aliphatic heterocycles. The molecule has 0 unspecified atom stereocenters. The van der Waals surface area contributed by atoms with Crippen LogP contribution in [0.15, 0.2) is 4.79 Å². The highest BCUT2D eigenvalue weighted by atomic mass is 35.5. The Hall–Kier alpha value is -0.350. The summed E-state index contributed by atoms with van der Waals surface area (Å²) in [5, 5.41) is 3.40. The van der Waals surface area contributed by atoms with Crippen LogP contribution in [0.2, 0.25) is 5.02 Å². The fourth-order valence-corrected chi connectivity index (χ4v) is 2.29. The summed E-state index contributed by atoms with van der Waals surface area (Å²) in [4.78, 5) is 11.7. The van der Waals surface area contributed by atoms with Crippen LogP contribution in [0.4, 0.5) is 0 Å². The third-order valence-electron chi connectivity index (χ3n) is 2.09. The van der Waals surface area contributed by atoms with Gasteiger partial charge in [0.2, 0.25) is 0 Å². The van der Waals surface area contributed by atoms with Crippen molar-refractivity contribution in [1.29, 1.82) is 0 Å². The van der Waals surface area contributed by atoms with Gasteiger partial charge in [-0.2, -0.15) is 0 Å². The van der Waals surface area contributed by atoms with Gasteiger partial charge in [-0.05, 0) is 13.8 Å². The highest BCUT2D eigenvalue weighted by Crippen LogP contribution is 2.28. The lowest BCUT2D eigenvalue weighted by atomic mass is 10.3. The standard InChI is InChI=1S/C11H19ClN2OS/c1-7(2)14-10(15)9(12)8(13-14)6-16-11(3,4)5/h7,13H,6H2,1-5H3. The van der Waals surface area contributed by atoms with E-state index in [0.29, 0.717) is 5.02 Å². The predicted octanol–water partition coefficient (Wildman–Crippen LogP) is 3.44. The van der Waals surface area contributed by atoms with E-state index in [1.165, 1.54) is 0 Å². The molecule has 1 rings (SSSR count). The molecule has 0 aliphatic rings. The van der Waals surface area contributed by atoms with Crippen LogP contribution in [0.5, 0.6) is 0 Å². The van der Waals surface area contributed by atoms with Crippen LogP contribution in [0.25, 0.3) is 0 Å². The maximum Gasteiger partial charge on any atom is 0.285 e. The molecule has 0 fully saturated rings. The fourth-order valence-electron chi connectivity index (χ4n) is 1.23. The molecule has 0 atom stereocenters. The Labute approximate surface area is 106 Å². The predicted molar refractivity (Wildman–Crippen MR) is 71.5 cm³/mol. The van der Waals surface area contributed by atoms with Crippen LogP contribution in [0.3, 0.4) is 0 Å². The van der Waals surface area contributed by atoms with Crippen molar-refractivity contribution in [3.05, 3.63) is 21.1 Å². The zero-order chi connectivity index (χ0) is 12.5. The topological polar surface area (TPSA) is 37.8 Å². The number of hydrogen-bond donors (Lipinski definition) is 1. The molecule has 0 amide bonds. The molecule has 0 saturated heterocycles. The monoisotopic (exact) mass is 262 g/mol. The fraction of sp³-hybridized carbons (Fsp3) is 0.727. The lowest BCUT2D eigenvalue weighted by molar-refractivity contribution is 0.513. The summed E-state index contributed by atoms with van der Waals surface area (Å²) in [6.07, 6.45) is 0. The number of rotatable bonds is 3. The molecule has 1 heterocycles. The van der Waals surface area contributed by atoms with E-state index < -0.39 is 0 Å². The summed E-state index contributed by atoms with van der Waals surface area (Å²) in [5.74, 6) is 0.733. The number of H-pyrrole nitrogens is 1. The first-order valence-electron chi connectivity index (χ1n) is 5.35. The molecule has 0 aromatic carbocycles. The van der Waals surface area contributed by atoms with Crippen molar-refractivity contribution in [2.45, 2.75) is 51.2 Å². The summed E-state index contributed by atoms with van der Waals surface area (Å²) in [6, 6.07) is 0.110. The molecule has 3 nitrogen and oxygen atoms in total. The van der Waals surface area contributed by atoms with Crippen LogP contribution >= 0.6 is 23.4 Å². The molecule has 5 heteroatoms. The third-order valence-corrected chi connectivity index (χ3v) is 3.78. The first-order chi connectivity index (χ1) is 7.22. The quantitative estimate of drug-likeness (QED) is 0.906. The second-order valence-corrected chi connectivity index (χ2v) is 7.25. The molecule has 0 saturated carbocycles. The molecule has 0 bridgehead atoms. The molecule has 92 valence electrons. The van der Waals surface area contributed by atoms with E-state index in [-0.39, 0.29) is 16.3 Å². The number of aromatic amines is 1. The number of halogens is 1. The van der Waals surface area contributed by atoms with Crippen molar-refractivity contribution in [2.75, 3.05) is 0 Å². The Balaban J connectivity index is 2.91. The van der Waals surface area contributed by atoms with Crippen LogP contribution in [-0.2, 0) is 5.75 Å². The molecule has 16 heavy (non-hydrogen) atoms. The summed E-state index contributed by atoms with van der Waals surface area (Å²) in [6.45, 7) is 10.3. The van der Waals surface area contributed by atoms with E-state index in [9.17, 15) is 4.79 Å². The van der Waals surface area contributed by atoms with Gasteiger partial charge < -0.3 is 0 Å². The van der Waals surface area contributed by atoms with Gasteiger partial charge in [0.25, 0.3) is 5.56 Å². The minimum atomic E-state index is -0.124. The highest BCUT2D eigenvalue weighted by Gasteiger charge is 2.17. The minimum Gasteiger partial charge on any atom is -0.297 e. The van der Waals surface area contributed by atoms with Crippen molar-refractivity contribution in [1.82, 2.24) is 9.78 Å². The van der Waals surface area contributed by atoms with Crippen LogP contribution < -0.4 is 5.56 Å². The third kappa shape index (κ3) is 3.32. The van der Waals surface area contributed by atoms with Crippen molar-refractivity contribution in [3.8, 4) is 0 Å². The molecular formula is C11H19ClN2OS.